The number of aliphatic imine (C=N–C) groups is 1. The van der Waals surface area contributed by atoms with Gasteiger partial charge in [0.2, 0.25) is 0 Å². The smallest absolute Gasteiger partial charge is 0.475 e. The number of aromatic nitrogens is 3. The molecule has 1 aliphatic rings. The van der Waals surface area contributed by atoms with E-state index in [1.807, 2.05) is 0 Å². The third-order valence-corrected chi connectivity index (χ3v) is 4.54. The van der Waals surface area contributed by atoms with E-state index < -0.39 is 71.9 Å². The molecule has 3 heterocycles. The van der Waals surface area contributed by atoms with Gasteiger partial charge in [-0.15, -0.1) is 0 Å². The Morgan fingerprint density at radius 2 is 1.76 bits per heavy atom. The van der Waals surface area contributed by atoms with Crippen LogP contribution in [0.4, 0.5) is 45.3 Å². The van der Waals surface area contributed by atoms with Crippen molar-refractivity contribution in [3.63, 3.8) is 0 Å². The van der Waals surface area contributed by atoms with Gasteiger partial charge in [0.25, 0.3) is 18.4 Å². The van der Waals surface area contributed by atoms with Gasteiger partial charge in [-0.2, -0.15) is 26.3 Å². The summed E-state index contributed by atoms with van der Waals surface area (Å²) < 4.78 is 115. The molecule has 38 heavy (non-hydrogen) atoms. The first-order valence-electron chi connectivity index (χ1n) is 9.80. The van der Waals surface area contributed by atoms with Crippen LogP contribution in [0.5, 0.6) is 0 Å². The third-order valence-electron chi connectivity index (χ3n) is 4.54. The number of nitrogens with two attached hydrogens (primary N) is 1. The van der Waals surface area contributed by atoms with Gasteiger partial charge in [0.1, 0.15) is 34.3 Å². The number of carboxylic acid groups (broad SMARTS) is 1. The van der Waals surface area contributed by atoms with Crippen LogP contribution >= 0.6 is 0 Å². The van der Waals surface area contributed by atoms with Gasteiger partial charge in [0.15, 0.2) is 6.10 Å². The molecule has 2 aromatic rings. The van der Waals surface area contributed by atoms with E-state index in [-0.39, 0.29) is 11.5 Å². The lowest BCUT2D eigenvalue weighted by molar-refractivity contribution is -0.208. The maximum Gasteiger partial charge on any atom is 0.490 e. The van der Waals surface area contributed by atoms with Crippen molar-refractivity contribution in [1.82, 2.24) is 15.0 Å². The van der Waals surface area contributed by atoms with E-state index in [0.29, 0.717) is 6.20 Å². The highest BCUT2D eigenvalue weighted by atomic mass is 19.4. The largest absolute Gasteiger partial charge is 0.490 e. The average Bonchev–Trinajstić information content (AvgIpc) is 2.79. The minimum atomic E-state index is -5.08. The van der Waals surface area contributed by atoms with Gasteiger partial charge in [-0.25, -0.2) is 32.9 Å². The van der Waals surface area contributed by atoms with Crippen LogP contribution in [-0.2, 0) is 15.1 Å². The molecule has 1 aliphatic heterocycles. The molecule has 1 amide bonds. The maximum atomic E-state index is 14.4. The van der Waals surface area contributed by atoms with E-state index in [1.54, 1.807) is 0 Å². The molecular weight excluding hydrogens is 547 g/mol. The number of hydrogen-bond acceptors (Lipinski definition) is 8. The number of alkyl halides is 8. The Bertz CT molecular complexity index is 1200. The summed E-state index contributed by atoms with van der Waals surface area (Å²) in [4.78, 5) is 35.7. The van der Waals surface area contributed by atoms with Crippen molar-refractivity contribution in [1.29, 1.82) is 0 Å². The number of amides is 1. The number of aliphatic carboxylic acids is 1. The number of carbonyl (C=O) groups excluding carboxylic acids is 1. The van der Waals surface area contributed by atoms with Crippen LogP contribution in [-0.4, -0.2) is 56.4 Å². The topological polar surface area (TPSA) is 153 Å². The number of ether oxygens (including phenoxy) is 1. The molecule has 3 rings (SSSR count). The molecule has 0 unspecified atom stereocenters. The molecule has 0 saturated carbocycles. The van der Waals surface area contributed by atoms with Gasteiger partial charge in [-0.3, -0.25) is 9.78 Å². The Morgan fingerprint density at radius 3 is 2.24 bits per heavy atom. The summed E-state index contributed by atoms with van der Waals surface area (Å²) in [6.45, 7) is 1.19. The number of pyridine rings is 1. The summed E-state index contributed by atoms with van der Waals surface area (Å²) >= 11 is 0. The summed E-state index contributed by atoms with van der Waals surface area (Å²) in [5.41, 5.74) is 2.02. The normalized spacial score (nSPS) is 19.6. The molecule has 2 aromatic heterocycles. The zero-order chi connectivity index (χ0) is 29.1. The first kappa shape index (κ1) is 30.0. The maximum absolute atomic E-state index is 14.4. The monoisotopic (exact) mass is 562 g/mol. The predicted octanol–water partition coefficient (Wildman–Crippen LogP) is 3.72. The van der Waals surface area contributed by atoms with Crippen LogP contribution < -0.4 is 11.1 Å². The molecule has 0 aromatic carbocycles. The number of nitrogens with one attached hydrogen (secondary N) is 1. The molecule has 2 atom stereocenters. The van der Waals surface area contributed by atoms with Crippen LogP contribution in [0.2, 0.25) is 0 Å². The molecule has 10 nitrogen and oxygen atoms in total. The number of nitrogens with zero attached hydrogens (tertiary/aromatic N) is 4. The fourth-order valence-corrected chi connectivity index (χ4v) is 2.83. The van der Waals surface area contributed by atoms with Gasteiger partial charge < -0.3 is 20.9 Å². The van der Waals surface area contributed by atoms with E-state index in [2.05, 4.69) is 30.0 Å². The molecule has 0 radical (unpaired) electrons. The van der Waals surface area contributed by atoms with Crippen LogP contribution in [0.3, 0.4) is 0 Å². The fourth-order valence-electron chi connectivity index (χ4n) is 2.83. The number of hydrogen-bond donors (Lipinski definition) is 3. The van der Waals surface area contributed by atoms with Gasteiger partial charge in [-0.05, 0) is 19.1 Å². The Balaban J connectivity index is 0.000000638. The summed E-state index contributed by atoms with van der Waals surface area (Å²) in [7, 11) is 0. The van der Waals surface area contributed by atoms with Crippen molar-refractivity contribution in [2.75, 3.05) is 5.32 Å². The molecular formula is C19H15F9N6O4. The standard InChI is InChI=1S/C17H14F6N6O2.C2HF3O2/c1-16(4-10(17(21,22)23)31-15(24)29-16)12-7(18)2-3-11(27-12)28-14(30)9-6-25-8(5-26-9)13(19)20;3-2(4,5)1(6)7/h2-3,5-6,10,13H,4H2,1H3,(H2,24,29)(H,27,28,30);(H,6,7)/t10-,16-;/m0./s1. The lowest BCUT2D eigenvalue weighted by Gasteiger charge is -2.35. The van der Waals surface area contributed by atoms with Crippen molar-refractivity contribution in [3.05, 3.63) is 47.4 Å². The number of carboxylic acids is 1. The molecule has 19 heteroatoms. The highest BCUT2D eigenvalue weighted by Crippen LogP contribution is 2.40. The molecule has 208 valence electrons. The van der Waals surface area contributed by atoms with Crippen molar-refractivity contribution in [2.24, 2.45) is 10.7 Å². The van der Waals surface area contributed by atoms with Gasteiger partial charge >= 0.3 is 18.3 Å². The summed E-state index contributed by atoms with van der Waals surface area (Å²) in [5, 5.41) is 9.37. The number of halogens is 9. The second kappa shape index (κ2) is 11.1. The van der Waals surface area contributed by atoms with E-state index in [0.717, 1.165) is 18.3 Å². The molecule has 0 aliphatic carbocycles. The quantitative estimate of drug-likeness (QED) is 0.477. The van der Waals surface area contributed by atoms with Gasteiger partial charge in [0, 0.05) is 6.42 Å². The highest BCUT2D eigenvalue weighted by Gasteiger charge is 2.50. The van der Waals surface area contributed by atoms with Gasteiger partial charge in [0.05, 0.1) is 12.4 Å². The lowest BCUT2D eigenvalue weighted by atomic mass is 9.89. The van der Waals surface area contributed by atoms with Crippen LogP contribution in [0.15, 0.2) is 29.5 Å². The zero-order valence-corrected chi connectivity index (χ0v) is 18.6. The van der Waals surface area contributed by atoms with Crippen molar-refractivity contribution in [3.8, 4) is 0 Å². The Kier molecular flexibility index (Phi) is 8.74. The summed E-state index contributed by atoms with van der Waals surface area (Å²) in [5.74, 6) is -4.90. The SMILES string of the molecule is C[C@@]1(c2nc(NC(=O)c3cnc(C(F)F)cn3)ccc2F)C[C@@H](C(F)(F)F)OC(N)=N1.O=C(O)C(F)(F)F. The fraction of sp³-hybridized carbons (Fsp3) is 0.368. The minimum absolute atomic E-state index is 0.244. The predicted molar refractivity (Wildman–Crippen MR) is 107 cm³/mol. The number of amidine groups is 1. The molecule has 0 spiro atoms. The molecule has 0 fully saturated rings. The summed E-state index contributed by atoms with van der Waals surface area (Å²) in [6.07, 6.45) is -14.4. The molecule has 0 saturated heterocycles. The van der Waals surface area contributed by atoms with Crippen molar-refractivity contribution in [2.45, 2.75) is 43.8 Å². The zero-order valence-electron chi connectivity index (χ0n) is 18.6. The highest BCUT2D eigenvalue weighted by molar-refractivity contribution is 6.02. The molecule has 4 N–H and O–H groups in total. The Labute approximate surface area is 205 Å². The van der Waals surface area contributed by atoms with Crippen LogP contribution in [0.1, 0.15) is 41.6 Å². The third kappa shape index (κ3) is 7.65. The Hall–Kier alpha value is -4.19. The van der Waals surface area contributed by atoms with E-state index in [9.17, 15) is 44.3 Å². The van der Waals surface area contributed by atoms with E-state index in [1.165, 1.54) is 6.92 Å². The second-order valence-corrected chi connectivity index (χ2v) is 7.49. The lowest BCUT2D eigenvalue weighted by Crippen LogP contribution is -2.46. The first-order chi connectivity index (χ1) is 17.3. The van der Waals surface area contributed by atoms with Gasteiger partial charge in [-0.1, -0.05) is 0 Å². The Morgan fingerprint density at radius 1 is 1.16 bits per heavy atom. The van der Waals surface area contributed by atoms with Crippen LogP contribution in [0, 0.1) is 5.82 Å². The van der Waals surface area contributed by atoms with Crippen LogP contribution in [0.25, 0.3) is 0 Å². The second-order valence-electron chi connectivity index (χ2n) is 7.49. The molecule has 0 bridgehead atoms. The minimum Gasteiger partial charge on any atom is -0.475 e. The summed E-state index contributed by atoms with van der Waals surface area (Å²) in [6, 6.07) is 1.13. The average molecular weight is 562 g/mol. The van der Waals surface area contributed by atoms with Crippen molar-refractivity contribution >= 4 is 23.7 Å². The van der Waals surface area contributed by atoms with Crippen molar-refractivity contribution < 1.29 is 58.9 Å². The van der Waals surface area contributed by atoms with E-state index >= 15 is 0 Å². The number of anilines is 1. The number of carbonyl (C=O) groups is 2. The number of rotatable bonds is 4. The first-order valence-corrected chi connectivity index (χ1v) is 9.80. The van der Waals surface area contributed by atoms with E-state index in [4.69, 9.17) is 15.6 Å².